The zero-order valence-corrected chi connectivity index (χ0v) is 14.6. The van der Waals surface area contributed by atoms with E-state index in [9.17, 15) is 9.59 Å². The lowest BCUT2D eigenvalue weighted by Gasteiger charge is -2.11. The van der Waals surface area contributed by atoms with Crippen LogP contribution in [-0.2, 0) is 4.74 Å². The van der Waals surface area contributed by atoms with Crippen molar-refractivity contribution in [1.29, 1.82) is 0 Å². The van der Waals surface area contributed by atoms with Gasteiger partial charge in [0, 0.05) is 18.7 Å². The Morgan fingerprint density at radius 2 is 1.84 bits per heavy atom. The van der Waals surface area contributed by atoms with Crippen molar-refractivity contribution in [1.82, 2.24) is 10.3 Å². The van der Waals surface area contributed by atoms with Gasteiger partial charge in [-0.3, -0.25) is 9.59 Å². The average Bonchev–Trinajstić information content (AvgIpc) is 2.62. The van der Waals surface area contributed by atoms with Gasteiger partial charge >= 0.3 is 0 Å². The van der Waals surface area contributed by atoms with Crippen molar-refractivity contribution in [2.24, 2.45) is 0 Å². The Kier molecular flexibility index (Phi) is 6.73. The SMILES string of the molecule is COCCNC(=O)c1cccc(C(=O)Nc2cc(Cl)ccc2OC)n1. The minimum atomic E-state index is -0.480. The van der Waals surface area contributed by atoms with Crippen LogP contribution in [0.5, 0.6) is 5.75 Å². The van der Waals surface area contributed by atoms with Crippen molar-refractivity contribution in [3.63, 3.8) is 0 Å². The van der Waals surface area contributed by atoms with E-state index < -0.39 is 5.91 Å². The second kappa shape index (κ2) is 9.00. The lowest BCUT2D eigenvalue weighted by atomic mass is 10.2. The van der Waals surface area contributed by atoms with Gasteiger partial charge in [0.05, 0.1) is 19.4 Å². The fourth-order valence-electron chi connectivity index (χ4n) is 2.01. The van der Waals surface area contributed by atoms with Gasteiger partial charge in [-0.2, -0.15) is 0 Å². The highest BCUT2D eigenvalue weighted by Gasteiger charge is 2.14. The molecule has 1 aromatic heterocycles. The van der Waals surface area contributed by atoms with Crippen molar-refractivity contribution < 1.29 is 19.1 Å². The summed E-state index contributed by atoms with van der Waals surface area (Å²) >= 11 is 5.94. The Hall–Kier alpha value is -2.64. The fraction of sp³-hybridized carbons (Fsp3) is 0.235. The van der Waals surface area contributed by atoms with E-state index in [4.69, 9.17) is 21.1 Å². The van der Waals surface area contributed by atoms with E-state index in [0.29, 0.717) is 29.6 Å². The van der Waals surface area contributed by atoms with Gasteiger partial charge in [0.1, 0.15) is 17.1 Å². The first-order chi connectivity index (χ1) is 12.0. The van der Waals surface area contributed by atoms with E-state index >= 15 is 0 Å². The molecule has 7 nitrogen and oxygen atoms in total. The summed E-state index contributed by atoms with van der Waals surface area (Å²) < 4.78 is 10.1. The van der Waals surface area contributed by atoms with Crippen LogP contribution in [0.2, 0.25) is 5.02 Å². The molecule has 0 saturated carbocycles. The summed E-state index contributed by atoms with van der Waals surface area (Å²) in [4.78, 5) is 28.5. The van der Waals surface area contributed by atoms with Gasteiger partial charge in [-0.15, -0.1) is 0 Å². The number of benzene rings is 1. The number of carbonyl (C=O) groups is 2. The number of anilines is 1. The highest BCUT2D eigenvalue weighted by atomic mass is 35.5. The average molecular weight is 364 g/mol. The molecule has 0 atom stereocenters. The smallest absolute Gasteiger partial charge is 0.274 e. The van der Waals surface area contributed by atoms with Gasteiger partial charge in [-0.25, -0.2) is 4.98 Å². The molecule has 0 radical (unpaired) electrons. The van der Waals surface area contributed by atoms with Crippen molar-refractivity contribution in [2.75, 3.05) is 32.7 Å². The highest BCUT2D eigenvalue weighted by molar-refractivity contribution is 6.31. The van der Waals surface area contributed by atoms with Crippen LogP contribution in [0.15, 0.2) is 36.4 Å². The Labute approximate surface area is 150 Å². The number of carbonyl (C=O) groups excluding carboxylic acids is 2. The molecule has 8 heteroatoms. The minimum absolute atomic E-state index is 0.0985. The van der Waals surface area contributed by atoms with Crippen LogP contribution in [-0.4, -0.2) is 44.2 Å². The molecule has 2 amide bonds. The molecule has 0 fully saturated rings. The fourth-order valence-corrected chi connectivity index (χ4v) is 2.18. The third-order valence-electron chi connectivity index (χ3n) is 3.22. The molecular formula is C17H18ClN3O4. The normalized spacial score (nSPS) is 10.2. The first-order valence-corrected chi connectivity index (χ1v) is 7.82. The first-order valence-electron chi connectivity index (χ1n) is 7.44. The number of ether oxygens (including phenoxy) is 2. The number of aromatic nitrogens is 1. The van der Waals surface area contributed by atoms with Crippen LogP contribution in [0.25, 0.3) is 0 Å². The largest absolute Gasteiger partial charge is 0.495 e. The summed E-state index contributed by atoms with van der Waals surface area (Å²) in [6.45, 7) is 0.744. The molecule has 2 N–H and O–H groups in total. The van der Waals surface area contributed by atoms with E-state index in [0.717, 1.165) is 0 Å². The zero-order valence-electron chi connectivity index (χ0n) is 13.8. The summed E-state index contributed by atoms with van der Waals surface area (Å²) in [6.07, 6.45) is 0. The van der Waals surface area contributed by atoms with Crippen LogP contribution >= 0.6 is 11.6 Å². The van der Waals surface area contributed by atoms with Crippen LogP contribution in [0.3, 0.4) is 0 Å². The van der Waals surface area contributed by atoms with Gasteiger partial charge in [0.15, 0.2) is 0 Å². The molecule has 2 rings (SSSR count). The van der Waals surface area contributed by atoms with Crippen LogP contribution in [0, 0.1) is 0 Å². The number of methoxy groups -OCH3 is 2. The molecule has 2 aromatic rings. The van der Waals surface area contributed by atoms with Crippen LogP contribution in [0.4, 0.5) is 5.69 Å². The number of nitrogens with zero attached hydrogens (tertiary/aromatic N) is 1. The molecule has 0 aliphatic carbocycles. The van der Waals surface area contributed by atoms with E-state index in [1.807, 2.05) is 0 Å². The van der Waals surface area contributed by atoms with E-state index in [1.165, 1.54) is 19.2 Å². The third kappa shape index (κ3) is 5.17. The summed E-state index contributed by atoms with van der Waals surface area (Å²) in [5.41, 5.74) is 0.653. The van der Waals surface area contributed by atoms with Crippen LogP contribution < -0.4 is 15.4 Å². The number of rotatable bonds is 7. The van der Waals surface area contributed by atoms with E-state index in [2.05, 4.69) is 15.6 Å². The summed E-state index contributed by atoms with van der Waals surface area (Å²) in [5, 5.41) is 5.77. The van der Waals surface area contributed by atoms with Gasteiger partial charge in [-0.05, 0) is 30.3 Å². The Morgan fingerprint density at radius 3 is 2.52 bits per heavy atom. The third-order valence-corrected chi connectivity index (χ3v) is 3.45. The first kappa shape index (κ1) is 18.7. The molecule has 1 heterocycles. The highest BCUT2D eigenvalue weighted by Crippen LogP contribution is 2.27. The predicted octanol–water partition coefficient (Wildman–Crippen LogP) is 2.37. The lowest BCUT2D eigenvalue weighted by Crippen LogP contribution is -2.28. The molecule has 0 saturated heterocycles. The van der Waals surface area contributed by atoms with Gasteiger partial charge < -0.3 is 20.1 Å². The van der Waals surface area contributed by atoms with Crippen molar-refractivity contribution in [3.8, 4) is 5.75 Å². The van der Waals surface area contributed by atoms with Crippen molar-refractivity contribution in [2.45, 2.75) is 0 Å². The molecule has 25 heavy (non-hydrogen) atoms. The second-order valence-electron chi connectivity index (χ2n) is 4.96. The van der Waals surface area contributed by atoms with E-state index in [1.54, 1.807) is 31.4 Å². The second-order valence-corrected chi connectivity index (χ2v) is 5.39. The summed E-state index contributed by atoms with van der Waals surface area (Å²) in [7, 11) is 3.03. The maximum Gasteiger partial charge on any atom is 0.274 e. The molecule has 132 valence electrons. The monoisotopic (exact) mass is 363 g/mol. The van der Waals surface area contributed by atoms with E-state index in [-0.39, 0.29) is 17.3 Å². The molecule has 0 spiro atoms. The molecule has 1 aromatic carbocycles. The van der Waals surface area contributed by atoms with Crippen molar-refractivity contribution in [3.05, 3.63) is 52.8 Å². The lowest BCUT2D eigenvalue weighted by molar-refractivity contribution is 0.0932. The number of hydrogen-bond donors (Lipinski definition) is 2. The number of hydrogen-bond acceptors (Lipinski definition) is 5. The molecule has 0 aliphatic heterocycles. The number of halogens is 1. The molecule has 0 unspecified atom stereocenters. The van der Waals surface area contributed by atoms with Crippen LogP contribution in [0.1, 0.15) is 21.0 Å². The Bertz CT molecular complexity index is 767. The summed E-state index contributed by atoms with van der Waals surface area (Å²) in [5.74, 6) is -0.398. The molecule has 0 aliphatic rings. The number of nitrogens with one attached hydrogen (secondary N) is 2. The standard InChI is InChI=1S/C17H18ClN3O4/c1-24-9-8-19-16(22)12-4-3-5-13(20-12)17(23)21-14-10-11(18)6-7-15(14)25-2/h3-7,10H,8-9H2,1-2H3,(H,19,22)(H,21,23). The number of pyridine rings is 1. The number of amides is 2. The molecular weight excluding hydrogens is 346 g/mol. The molecule has 0 bridgehead atoms. The van der Waals surface area contributed by atoms with Crippen molar-refractivity contribution >= 4 is 29.1 Å². The predicted molar refractivity (Wildman–Crippen MR) is 94.4 cm³/mol. The Balaban J connectivity index is 2.13. The van der Waals surface area contributed by atoms with Gasteiger partial charge in [0.2, 0.25) is 0 Å². The minimum Gasteiger partial charge on any atom is -0.495 e. The van der Waals surface area contributed by atoms with Gasteiger partial charge in [-0.1, -0.05) is 17.7 Å². The Morgan fingerprint density at radius 1 is 1.12 bits per heavy atom. The zero-order chi connectivity index (χ0) is 18.2. The van der Waals surface area contributed by atoms with Gasteiger partial charge in [0.25, 0.3) is 11.8 Å². The maximum absolute atomic E-state index is 12.4. The maximum atomic E-state index is 12.4. The quantitative estimate of drug-likeness (QED) is 0.737. The topological polar surface area (TPSA) is 89.5 Å². The summed E-state index contributed by atoms with van der Waals surface area (Å²) in [6, 6.07) is 9.49.